The van der Waals surface area contributed by atoms with E-state index >= 15 is 0 Å². The molecule has 1 atom stereocenters. The summed E-state index contributed by atoms with van der Waals surface area (Å²) in [5.74, 6) is 0. The number of halogens is 3. The van der Waals surface area contributed by atoms with E-state index in [2.05, 4.69) is 50.9 Å². The summed E-state index contributed by atoms with van der Waals surface area (Å²) >= 11 is 16.8. The second-order valence-electron chi connectivity index (χ2n) is 3.11. The molecule has 0 nitrogen and oxygen atoms in total. The molecule has 15 heavy (non-hydrogen) atoms. The SMILES string of the molecule is Cc1cc(C(Cl)c2ccc(Br)s2)sc1Br. The Balaban J connectivity index is 2.31. The lowest BCUT2D eigenvalue weighted by molar-refractivity contribution is 1.23. The van der Waals surface area contributed by atoms with Crippen molar-refractivity contribution in [3.8, 4) is 0 Å². The van der Waals surface area contributed by atoms with Crippen molar-refractivity contribution in [3.63, 3.8) is 0 Å². The van der Waals surface area contributed by atoms with Gasteiger partial charge >= 0.3 is 0 Å². The van der Waals surface area contributed by atoms with E-state index in [1.165, 1.54) is 19.1 Å². The fraction of sp³-hybridized carbons (Fsp3) is 0.200. The van der Waals surface area contributed by atoms with Gasteiger partial charge in [0, 0.05) is 9.75 Å². The molecule has 80 valence electrons. The fourth-order valence-electron chi connectivity index (χ4n) is 1.21. The average molecular weight is 387 g/mol. The molecule has 2 heterocycles. The molecule has 0 aliphatic carbocycles. The third-order valence-corrected chi connectivity index (χ3v) is 6.59. The molecule has 0 radical (unpaired) electrons. The van der Waals surface area contributed by atoms with E-state index in [4.69, 9.17) is 11.6 Å². The monoisotopic (exact) mass is 384 g/mol. The topological polar surface area (TPSA) is 0 Å². The van der Waals surface area contributed by atoms with Crippen LogP contribution in [0.1, 0.15) is 20.7 Å². The highest BCUT2D eigenvalue weighted by Crippen LogP contribution is 2.40. The highest BCUT2D eigenvalue weighted by molar-refractivity contribution is 9.11. The van der Waals surface area contributed by atoms with Crippen LogP contribution in [0.3, 0.4) is 0 Å². The van der Waals surface area contributed by atoms with Crippen molar-refractivity contribution < 1.29 is 0 Å². The van der Waals surface area contributed by atoms with E-state index in [-0.39, 0.29) is 5.38 Å². The minimum atomic E-state index is -0.0312. The van der Waals surface area contributed by atoms with Crippen LogP contribution in [0.4, 0.5) is 0 Å². The highest BCUT2D eigenvalue weighted by atomic mass is 79.9. The van der Waals surface area contributed by atoms with Crippen LogP contribution >= 0.6 is 66.1 Å². The zero-order valence-electron chi connectivity index (χ0n) is 7.76. The molecule has 1 unspecified atom stereocenters. The van der Waals surface area contributed by atoms with Crippen molar-refractivity contribution >= 4 is 66.1 Å². The summed E-state index contributed by atoms with van der Waals surface area (Å²) in [6.45, 7) is 2.08. The second-order valence-corrected chi connectivity index (χ2v) is 8.44. The van der Waals surface area contributed by atoms with Crippen LogP contribution < -0.4 is 0 Å². The molecule has 0 saturated carbocycles. The predicted molar refractivity (Wildman–Crippen MR) is 76.5 cm³/mol. The average Bonchev–Trinajstić information content (AvgIpc) is 2.74. The molecule has 0 aromatic carbocycles. The van der Waals surface area contributed by atoms with Crippen LogP contribution in [0.2, 0.25) is 0 Å². The van der Waals surface area contributed by atoms with Gasteiger partial charge in [0.1, 0.15) is 5.38 Å². The Kier molecular flexibility index (Phi) is 3.94. The molecule has 0 spiro atoms. The number of thiophene rings is 2. The van der Waals surface area contributed by atoms with Crippen LogP contribution in [0, 0.1) is 6.92 Å². The molecule has 2 aromatic heterocycles. The van der Waals surface area contributed by atoms with Crippen LogP contribution in [0.5, 0.6) is 0 Å². The van der Waals surface area contributed by atoms with Gasteiger partial charge in [-0.15, -0.1) is 34.3 Å². The van der Waals surface area contributed by atoms with Gasteiger partial charge in [0.25, 0.3) is 0 Å². The van der Waals surface area contributed by atoms with E-state index in [1.54, 1.807) is 22.7 Å². The molecule has 0 N–H and O–H groups in total. The van der Waals surface area contributed by atoms with Crippen molar-refractivity contribution in [2.45, 2.75) is 12.3 Å². The molecule has 2 aromatic rings. The Hall–Kier alpha value is 0.650. The number of aryl methyl sites for hydroxylation is 1. The number of rotatable bonds is 2. The van der Waals surface area contributed by atoms with Crippen LogP contribution in [0.15, 0.2) is 25.8 Å². The molecule has 0 amide bonds. The number of hydrogen-bond acceptors (Lipinski definition) is 2. The summed E-state index contributed by atoms with van der Waals surface area (Å²) in [6.07, 6.45) is 0. The summed E-state index contributed by atoms with van der Waals surface area (Å²) in [4.78, 5) is 2.37. The van der Waals surface area contributed by atoms with Crippen LogP contribution in [0.25, 0.3) is 0 Å². The maximum atomic E-state index is 6.41. The molecule has 2 rings (SSSR count). The summed E-state index contributed by atoms with van der Waals surface area (Å²) in [5, 5.41) is -0.0312. The first-order chi connectivity index (χ1) is 7.08. The van der Waals surface area contributed by atoms with Gasteiger partial charge in [-0.05, 0) is 62.5 Å². The normalized spacial score (nSPS) is 13.1. The van der Waals surface area contributed by atoms with Gasteiger partial charge in [0.15, 0.2) is 0 Å². The Morgan fingerprint density at radius 2 is 1.93 bits per heavy atom. The summed E-state index contributed by atoms with van der Waals surface area (Å²) in [5.41, 5.74) is 1.25. The Labute approximate surface area is 119 Å². The fourth-order valence-corrected chi connectivity index (χ4v) is 4.68. The molecule has 0 aliphatic heterocycles. The highest BCUT2D eigenvalue weighted by Gasteiger charge is 2.16. The lowest BCUT2D eigenvalue weighted by Crippen LogP contribution is -1.84. The number of alkyl halides is 1. The third kappa shape index (κ3) is 2.67. The standard InChI is InChI=1S/C10H7Br2ClS2/c1-5-4-7(15-10(5)12)9(13)6-2-3-8(11)14-6/h2-4,9H,1H3. The van der Waals surface area contributed by atoms with E-state index in [0.29, 0.717) is 0 Å². The predicted octanol–water partition coefficient (Wildman–Crippen LogP) is 5.97. The van der Waals surface area contributed by atoms with Gasteiger partial charge in [-0.1, -0.05) is 0 Å². The van der Waals surface area contributed by atoms with Gasteiger partial charge in [-0.25, -0.2) is 0 Å². The van der Waals surface area contributed by atoms with E-state index in [1.807, 2.05) is 6.07 Å². The molecular formula is C10H7Br2ClS2. The molecule has 0 bridgehead atoms. The van der Waals surface area contributed by atoms with Gasteiger partial charge < -0.3 is 0 Å². The molecule has 5 heteroatoms. The Morgan fingerprint density at radius 1 is 1.20 bits per heavy atom. The van der Waals surface area contributed by atoms with E-state index in [9.17, 15) is 0 Å². The summed E-state index contributed by atoms with van der Waals surface area (Å²) in [7, 11) is 0. The van der Waals surface area contributed by atoms with Gasteiger partial charge in [0.2, 0.25) is 0 Å². The number of hydrogen-bond donors (Lipinski definition) is 0. The van der Waals surface area contributed by atoms with Crippen molar-refractivity contribution in [3.05, 3.63) is 41.1 Å². The van der Waals surface area contributed by atoms with Gasteiger partial charge in [0.05, 0.1) is 7.57 Å². The first-order valence-electron chi connectivity index (χ1n) is 4.23. The third-order valence-electron chi connectivity index (χ3n) is 1.97. The summed E-state index contributed by atoms with van der Waals surface area (Å²) < 4.78 is 2.29. The Bertz CT molecular complexity index is 456. The van der Waals surface area contributed by atoms with E-state index in [0.717, 1.165) is 3.79 Å². The van der Waals surface area contributed by atoms with E-state index < -0.39 is 0 Å². The van der Waals surface area contributed by atoms with Crippen LogP contribution in [-0.4, -0.2) is 0 Å². The largest absolute Gasteiger partial charge is 0.131 e. The molecule has 0 fully saturated rings. The van der Waals surface area contributed by atoms with Crippen molar-refractivity contribution in [2.24, 2.45) is 0 Å². The van der Waals surface area contributed by atoms with Crippen molar-refractivity contribution in [1.29, 1.82) is 0 Å². The first-order valence-corrected chi connectivity index (χ1v) is 7.88. The maximum Gasteiger partial charge on any atom is 0.102 e. The molecular weight excluding hydrogens is 380 g/mol. The lowest BCUT2D eigenvalue weighted by atomic mass is 10.2. The van der Waals surface area contributed by atoms with Gasteiger partial charge in [-0.2, -0.15) is 0 Å². The van der Waals surface area contributed by atoms with Crippen LogP contribution in [-0.2, 0) is 0 Å². The quantitative estimate of drug-likeness (QED) is 0.558. The molecule has 0 aliphatic rings. The molecule has 0 saturated heterocycles. The van der Waals surface area contributed by atoms with Gasteiger partial charge in [-0.3, -0.25) is 0 Å². The van der Waals surface area contributed by atoms with Crippen molar-refractivity contribution in [2.75, 3.05) is 0 Å². The smallest absolute Gasteiger partial charge is 0.102 e. The zero-order chi connectivity index (χ0) is 11.0. The van der Waals surface area contributed by atoms with Crippen molar-refractivity contribution in [1.82, 2.24) is 0 Å². The zero-order valence-corrected chi connectivity index (χ0v) is 13.3. The Morgan fingerprint density at radius 3 is 2.40 bits per heavy atom. The minimum absolute atomic E-state index is 0.0312. The first kappa shape index (κ1) is 12.1. The lowest BCUT2D eigenvalue weighted by Gasteiger charge is -2.02. The summed E-state index contributed by atoms with van der Waals surface area (Å²) in [6, 6.07) is 6.24. The minimum Gasteiger partial charge on any atom is -0.131 e. The maximum absolute atomic E-state index is 6.41. The second kappa shape index (κ2) is 4.88.